The van der Waals surface area contributed by atoms with Crippen molar-refractivity contribution in [1.82, 2.24) is 0 Å². The van der Waals surface area contributed by atoms with E-state index in [0.717, 1.165) is 18.4 Å². The topological polar surface area (TPSA) is 70.8 Å². The molecule has 0 bridgehead atoms. The Morgan fingerprint density at radius 1 is 1.31 bits per heavy atom. The number of primary amides is 1. The number of amides is 1. The Bertz CT molecular complexity index is 623. The maximum atomic E-state index is 10.9. The number of rotatable bonds is 9. The van der Waals surface area contributed by atoms with Gasteiger partial charge in [0.15, 0.2) is 8.32 Å². The van der Waals surface area contributed by atoms with Crippen LogP contribution in [0.5, 0.6) is 11.5 Å². The second-order valence-electron chi connectivity index (χ2n) is 7.74. The van der Waals surface area contributed by atoms with Crippen molar-refractivity contribution in [3.8, 4) is 11.5 Å². The zero-order valence-corrected chi connectivity index (χ0v) is 17.8. The largest absolute Gasteiger partial charge is 0.496 e. The van der Waals surface area contributed by atoms with Crippen LogP contribution in [-0.4, -0.2) is 28.1 Å². The summed E-state index contributed by atoms with van der Waals surface area (Å²) in [6, 6.07) is 5.25. The number of hydrogen-bond acceptors (Lipinski definition) is 4. The summed E-state index contributed by atoms with van der Waals surface area (Å²) in [4.78, 5) is 10.9. The molecule has 0 aliphatic rings. The molecule has 1 radical (unpaired) electrons. The highest BCUT2D eigenvalue weighted by molar-refractivity contribution is 6.74. The molecule has 1 aromatic rings. The van der Waals surface area contributed by atoms with Gasteiger partial charge in [0.1, 0.15) is 11.5 Å². The quantitative estimate of drug-likeness (QED) is 0.481. The molecule has 0 aliphatic heterocycles. The van der Waals surface area contributed by atoms with Gasteiger partial charge in [-0.1, -0.05) is 32.9 Å². The van der Waals surface area contributed by atoms with Crippen LogP contribution in [0, 0.1) is 5.92 Å². The predicted octanol–water partition coefficient (Wildman–Crippen LogP) is 5.06. The number of allylic oxidation sites excluding steroid dienone is 1. The number of carbonyl (C=O) groups excluding carboxylic acids is 1. The number of nitrogens with two attached hydrogens (primary N) is 1. The van der Waals surface area contributed by atoms with Crippen molar-refractivity contribution >= 4 is 14.4 Å². The maximum absolute atomic E-state index is 10.9. The third-order valence-corrected chi connectivity index (χ3v) is 9.37. The Kier molecular flexibility index (Phi) is 7.90. The number of benzene rings is 1. The first-order chi connectivity index (χ1) is 12.0. The average Bonchev–Trinajstić information content (AvgIpc) is 2.52. The SMILES string of the molecule is C=CC[C](CCO[Si](C)(C)C(C)(C)C)c1ccc(OC(N)=O)cc1OC. The summed E-state index contributed by atoms with van der Waals surface area (Å²) in [5, 5.41) is 0.178. The molecule has 1 rings (SSSR count). The van der Waals surface area contributed by atoms with Crippen molar-refractivity contribution in [2.75, 3.05) is 13.7 Å². The molecule has 1 aromatic carbocycles. The lowest BCUT2D eigenvalue weighted by Crippen LogP contribution is -2.41. The van der Waals surface area contributed by atoms with Gasteiger partial charge in [-0.3, -0.25) is 0 Å². The normalized spacial score (nSPS) is 12.1. The number of ether oxygens (including phenoxy) is 2. The van der Waals surface area contributed by atoms with E-state index in [1.54, 1.807) is 19.2 Å². The van der Waals surface area contributed by atoms with E-state index >= 15 is 0 Å². The molecule has 0 saturated heterocycles. The summed E-state index contributed by atoms with van der Waals surface area (Å²) >= 11 is 0. The standard InChI is InChI=1S/C20H32NO4Si/c1-8-9-15(12-13-24-26(6,7)20(2,3)4)17-11-10-16(25-19(21)22)14-18(17)23-5/h8,10-11,14H,1,9,12-13H2,2-7H3,(H2,21,22). The fourth-order valence-electron chi connectivity index (χ4n) is 2.31. The molecule has 1 amide bonds. The van der Waals surface area contributed by atoms with Crippen LogP contribution in [0.2, 0.25) is 18.1 Å². The highest BCUT2D eigenvalue weighted by Crippen LogP contribution is 2.38. The van der Waals surface area contributed by atoms with Crippen LogP contribution in [0.1, 0.15) is 39.2 Å². The maximum Gasteiger partial charge on any atom is 0.409 e. The van der Waals surface area contributed by atoms with Crippen molar-refractivity contribution < 1.29 is 18.7 Å². The van der Waals surface area contributed by atoms with Crippen molar-refractivity contribution in [1.29, 1.82) is 0 Å². The van der Waals surface area contributed by atoms with Crippen LogP contribution in [0.4, 0.5) is 4.79 Å². The zero-order valence-electron chi connectivity index (χ0n) is 16.8. The zero-order chi connectivity index (χ0) is 20.0. The van der Waals surface area contributed by atoms with Gasteiger partial charge < -0.3 is 19.6 Å². The van der Waals surface area contributed by atoms with Gasteiger partial charge in [0.2, 0.25) is 0 Å². The lowest BCUT2D eigenvalue weighted by atomic mass is 9.92. The molecule has 0 aromatic heterocycles. The van der Waals surface area contributed by atoms with E-state index in [1.165, 1.54) is 5.92 Å². The molecule has 0 atom stereocenters. The van der Waals surface area contributed by atoms with E-state index in [4.69, 9.17) is 19.6 Å². The minimum Gasteiger partial charge on any atom is -0.496 e. The van der Waals surface area contributed by atoms with Crippen molar-refractivity contribution in [3.05, 3.63) is 42.3 Å². The fraction of sp³-hybridized carbons (Fsp3) is 0.500. The van der Waals surface area contributed by atoms with Crippen LogP contribution in [0.3, 0.4) is 0 Å². The monoisotopic (exact) mass is 378 g/mol. The summed E-state index contributed by atoms with van der Waals surface area (Å²) in [5.41, 5.74) is 6.03. The molecule has 2 N–H and O–H groups in total. The van der Waals surface area contributed by atoms with E-state index < -0.39 is 14.4 Å². The predicted molar refractivity (Wildman–Crippen MR) is 108 cm³/mol. The van der Waals surface area contributed by atoms with Gasteiger partial charge in [-0.2, -0.15) is 0 Å². The van der Waals surface area contributed by atoms with E-state index in [-0.39, 0.29) is 5.04 Å². The van der Waals surface area contributed by atoms with Gasteiger partial charge in [-0.05, 0) is 37.0 Å². The minimum atomic E-state index is -1.79. The van der Waals surface area contributed by atoms with Crippen molar-refractivity contribution in [3.63, 3.8) is 0 Å². The van der Waals surface area contributed by atoms with Gasteiger partial charge in [0, 0.05) is 24.2 Å². The highest BCUT2D eigenvalue weighted by atomic mass is 28.4. The van der Waals surface area contributed by atoms with Crippen LogP contribution in [0.25, 0.3) is 0 Å². The minimum absolute atomic E-state index is 0.178. The van der Waals surface area contributed by atoms with Crippen LogP contribution >= 0.6 is 0 Å². The van der Waals surface area contributed by atoms with Gasteiger partial charge in [0.25, 0.3) is 0 Å². The number of methoxy groups -OCH3 is 1. The van der Waals surface area contributed by atoms with Crippen molar-refractivity contribution in [2.45, 2.75) is 51.7 Å². The molecular formula is C20H32NO4Si. The number of hydrogen-bond donors (Lipinski definition) is 1. The lowest BCUT2D eigenvalue weighted by Gasteiger charge is -2.36. The van der Waals surface area contributed by atoms with E-state index in [2.05, 4.69) is 40.4 Å². The summed E-state index contributed by atoms with van der Waals surface area (Å²) in [6.45, 7) is 15.7. The summed E-state index contributed by atoms with van der Waals surface area (Å²) in [7, 11) is -0.199. The molecule has 0 aliphatic carbocycles. The van der Waals surface area contributed by atoms with Gasteiger partial charge >= 0.3 is 6.09 Å². The molecule has 0 heterocycles. The molecule has 0 spiro atoms. The third-order valence-electron chi connectivity index (χ3n) is 4.84. The first-order valence-electron chi connectivity index (χ1n) is 8.77. The molecule has 0 saturated carbocycles. The highest BCUT2D eigenvalue weighted by Gasteiger charge is 2.37. The van der Waals surface area contributed by atoms with Crippen LogP contribution in [-0.2, 0) is 4.43 Å². The fourth-order valence-corrected chi connectivity index (χ4v) is 3.36. The second-order valence-corrected chi connectivity index (χ2v) is 12.5. The molecule has 26 heavy (non-hydrogen) atoms. The Morgan fingerprint density at radius 2 is 1.96 bits per heavy atom. The molecular weight excluding hydrogens is 346 g/mol. The molecule has 5 nitrogen and oxygen atoms in total. The Balaban J connectivity index is 2.92. The molecule has 6 heteroatoms. The third kappa shape index (κ3) is 6.18. The Hall–Kier alpha value is -1.79. The summed E-state index contributed by atoms with van der Waals surface area (Å²) in [6.07, 6.45) is 2.53. The first kappa shape index (κ1) is 22.2. The summed E-state index contributed by atoms with van der Waals surface area (Å²) < 4.78 is 16.7. The Labute approximate surface area is 158 Å². The van der Waals surface area contributed by atoms with Gasteiger partial charge in [-0.15, -0.1) is 6.58 Å². The van der Waals surface area contributed by atoms with Gasteiger partial charge in [0.05, 0.1) is 7.11 Å². The second kappa shape index (κ2) is 9.23. The van der Waals surface area contributed by atoms with E-state index in [1.807, 2.05) is 12.1 Å². The molecule has 0 unspecified atom stereocenters. The Morgan fingerprint density at radius 3 is 2.46 bits per heavy atom. The molecule has 145 valence electrons. The van der Waals surface area contributed by atoms with E-state index in [0.29, 0.717) is 18.1 Å². The van der Waals surface area contributed by atoms with Crippen LogP contribution in [0.15, 0.2) is 30.9 Å². The smallest absolute Gasteiger partial charge is 0.409 e. The first-order valence-corrected chi connectivity index (χ1v) is 11.7. The van der Waals surface area contributed by atoms with E-state index in [9.17, 15) is 4.79 Å². The van der Waals surface area contributed by atoms with Crippen molar-refractivity contribution in [2.24, 2.45) is 5.73 Å². The average molecular weight is 379 g/mol. The lowest BCUT2D eigenvalue weighted by molar-refractivity contribution is 0.210. The molecule has 0 fully saturated rings. The number of carbonyl (C=O) groups is 1. The summed E-state index contributed by atoms with van der Waals surface area (Å²) in [5.74, 6) is 2.16. The van der Waals surface area contributed by atoms with Crippen LogP contribution < -0.4 is 15.2 Å². The van der Waals surface area contributed by atoms with Gasteiger partial charge in [-0.25, -0.2) is 4.79 Å².